The van der Waals surface area contributed by atoms with Crippen LogP contribution < -0.4 is 10.6 Å². The molecule has 172 valence electrons. The Morgan fingerprint density at radius 3 is 2.27 bits per heavy atom. The average molecular weight is 483 g/mol. The molecule has 0 spiro atoms. The van der Waals surface area contributed by atoms with Gasteiger partial charge in [0.05, 0.1) is 28.7 Å². The number of carbonyl (C=O) groups is 2. The molecule has 0 bridgehead atoms. The molecule has 0 unspecified atom stereocenters. The molecule has 0 aliphatic rings. The van der Waals surface area contributed by atoms with Crippen molar-refractivity contribution >= 4 is 45.5 Å². The van der Waals surface area contributed by atoms with E-state index in [1.54, 1.807) is 17.3 Å². The molecule has 0 saturated carbocycles. The van der Waals surface area contributed by atoms with E-state index in [1.165, 1.54) is 22.7 Å². The molecule has 9 heteroatoms. The molecule has 0 radical (unpaired) electrons. The first-order valence-electron chi connectivity index (χ1n) is 10.7. The maximum atomic E-state index is 13.8. The minimum absolute atomic E-state index is 0.199. The van der Waals surface area contributed by atoms with Gasteiger partial charge in [-0.2, -0.15) is 0 Å². The number of rotatable bonds is 10. The van der Waals surface area contributed by atoms with Gasteiger partial charge >= 0.3 is 0 Å². The van der Waals surface area contributed by atoms with Gasteiger partial charge < -0.3 is 15.1 Å². The summed E-state index contributed by atoms with van der Waals surface area (Å²) in [6.45, 7) is 4.83. The molecule has 1 aromatic carbocycles. The van der Waals surface area contributed by atoms with Crippen molar-refractivity contribution in [2.75, 3.05) is 6.54 Å². The molecule has 0 aliphatic heterocycles. The molecule has 7 nitrogen and oxygen atoms in total. The molecular weight excluding hydrogens is 456 g/mol. The van der Waals surface area contributed by atoms with Crippen LogP contribution in [0.4, 0.5) is 0 Å². The Bertz CT molecular complexity index is 1160. The van der Waals surface area contributed by atoms with E-state index >= 15 is 0 Å². The van der Waals surface area contributed by atoms with Crippen LogP contribution >= 0.6 is 22.7 Å². The third-order valence-corrected chi connectivity index (χ3v) is 6.71. The van der Waals surface area contributed by atoms with Crippen molar-refractivity contribution in [2.24, 2.45) is 11.3 Å². The van der Waals surface area contributed by atoms with E-state index in [1.807, 2.05) is 48.9 Å². The van der Waals surface area contributed by atoms with Gasteiger partial charge in [-0.05, 0) is 29.7 Å². The topological polar surface area (TPSA) is 97.1 Å². The zero-order valence-electron chi connectivity index (χ0n) is 18.5. The van der Waals surface area contributed by atoms with Crippen molar-refractivity contribution in [3.63, 3.8) is 0 Å². The highest BCUT2D eigenvalue weighted by atomic mass is 32.1. The van der Waals surface area contributed by atoms with Gasteiger partial charge in [0.25, 0.3) is 0 Å². The maximum Gasteiger partial charge on any atom is 0.236 e. The molecule has 2 amide bonds. The Morgan fingerprint density at radius 1 is 1.00 bits per heavy atom. The molecule has 4 rings (SSSR count). The van der Waals surface area contributed by atoms with E-state index < -0.39 is 5.41 Å². The number of nitrogens with one attached hydrogen (secondary N) is 2. The fourth-order valence-corrected chi connectivity index (χ4v) is 4.82. The van der Waals surface area contributed by atoms with Crippen LogP contribution in [0.1, 0.15) is 30.8 Å². The van der Waals surface area contributed by atoms with E-state index in [4.69, 9.17) is 4.42 Å². The number of amides is 2. The molecule has 3 aromatic heterocycles. The first-order chi connectivity index (χ1) is 16.0. The number of fused-ring (bicyclic) bond motifs is 1. The smallest absolute Gasteiger partial charge is 0.236 e. The minimum Gasteiger partial charge on any atom is -0.464 e. The number of carbonyl (C=O) groups excluding carboxylic acids is 2. The summed E-state index contributed by atoms with van der Waals surface area (Å²) in [6, 6.07) is 7.65. The van der Waals surface area contributed by atoms with Crippen molar-refractivity contribution < 1.29 is 14.0 Å². The summed E-state index contributed by atoms with van der Waals surface area (Å²) in [5.41, 5.74) is 5.21. The predicted molar refractivity (Wildman–Crippen MR) is 130 cm³/mol. The Labute approximate surface area is 200 Å². The van der Waals surface area contributed by atoms with Crippen LogP contribution in [0.25, 0.3) is 11.0 Å². The molecule has 0 saturated heterocycles. The van der Waals surface area contributed by atoms with Gasteiger partial charge in [-0.25, -0.2) is 9.97 Å². The van der Waals surface area contributed by atoms with Crippen molar-refractivity contribution in [3.05, 3.63) is 69.3 Å². The lowest BCUT2D eigenvalue weighted by atomic mass is 9.77. The number of nitrogens with zero attached hydrogens (tertiary/aromatic N) is 2. The molecule has 33 heavy (non-hydrogen) atoms. The maximum absolute atomic E-state index is 13.8. The van der Waals surface area contributed by atoms with Crippen molar-refractivity contribution in [1.29, 1.82) is 0 Å². The zero-order chi connectivity index (χ0) is 23.3. The summed E-state index contributed by atoms with van der Waals surface area (Å²) in [5, 5.41) is 10.7. The fourth-order valence-electron chi connectivity index (χ4n) is 3.70. The monoisotopic (exact) mass is 482 g/mol. The van der Waals surface area contributed by atoms with E-state index in [9.17, 15) is 9.59 Å². The van der Waals surface area contributed by atoms with Gasteiger partial charge in [-0.1, -0.05) is 19.9 Å². The lowest BCUT2D eigenvalue weighted by Crippen LogP contribution is -2.54. The van der Waals surface area contributed by atoms with Gasteiger partial charge in [0, 0.05) is 42.1 Å². The second kappa shape index (κ2) is 10.3. The first kappa shape index (κ1) is 23.1. The number of benzene rings is 1. The zero-order valence-corrected chi connectivity index (χ0v) is 20.2. The van der Waals surface area contributed by atoms with Gasteiger partial charge in [0.15, 0.2) is 0 Å². The van der Waals surface area contributed by atoms with E-state index in [2.05, 4.69) is 20.6 Å². The number of furan rings is 1. The third-order valence-electron chi connectivity index (χ3n) is 5.44. The standard InChI is InChI=1S/C24H26N4O3S2/c1-16(2)10-25-22(29)24(8-19-12-32-14-27-19,9-20-13-33-15-28-20)23(30)26-11-17-3-4-21-18(7-17)5-6-31-21/h3-7,12-16H,8-11H2,1-2H3,(H,25,29)(H,26,30). The van der Waals surface area contributed by atoms with Gasteiger partial charge in [0.2, 0.25) is 11.8 Å². The summed E-state index contributed by atoms with van der Waals surface area (Å²) in [6.07, 6.45) is 2.04. The molecule has 3 heterocycles. The minimum atomic E-state index is -1.36. The molecule has 2 N–H and O–H groups in total. The number of aromatic nitrogens is 2. The third kappa shape index (κ3) is 5.48. The van der Waals surface area contributed by atoms with E-state index in [0.29, 0.717) is 24.5 Å². The Kier molecular flexibility index (Phi) is 7.20. The van der Waals surface area contributed by atoms with Crippen LogP contribution in [0.5, 0.6) is 0 Å². The highest BCUT2D eigenvalue weighted by Gasteiger charge is 2.47. The van der Waals surface area contributed by atoms with Crippen molar-refractivity contribution in [1.82, 2.24) is 20.6 Å². The number of hydrogen-bond donors (Lipinski definition) is 2. The predicted octanol–water partition coefficient (Wildman–Crippen LogP) is 4.21. The summed E-state index contributed by atoms with van der Waals surface area (Å²) >= 11 is 2.89. The Hall–Kier alpha value is -3.04. The van der Waals surface area contributed by atoms with Crippen LogP contribution in [0.2, 0.25) is 0 Å². The fraction of sp³-hybridized carbons (Fsp3) is 0.333. The molecule has 0 atom stereocenters. The molecule has 0 aliphatic carbocycles. The van der Waals surface area contributed by atoms with Crippen molar-refractivity contribution in [2.45, 2.75) is 33.2 Å². The van der Waals surface area contributed by atoms with Gasteiger partial charge in [-0.3, -0.25) is 9.59 Å². The molecule has 0 fully saturated rings. The van der Waals surface area contributed by atoms with Crippen LogP contribution in [-0.4, -0.2) is 28.3 Å². The van der Waals surface area contributed by atoms with E-state index in [-0.39, 0.29) is 30.6 Å². The lowest BCUT2D eigenvalue weighted by Gasteiger charge is -2.31. The second-order valence-electron chi connectivity index (χ2n) is 8.47. The lowest BCUT2D eigenvalue weighted by molar-refractivity contribution is -0.144. The SMILES string of the molecule is CC(C)CNC(=O)C(Cc1cscn1)(Cc1cscn1)C(=O)NCc1ccc2occc2c1. The average Bonchev–Trinajstić information content (AvgIpc) is 3.57. The van der Waals surface area contributed by atoms with E-state index in [0.717, 1.165) is 16.5 Å². The molecule has 4 aromatic rings. The molecular formula is C24H26N4O3S2. The van der Waals surface area contributed by atoms with Crippen LogP contribution in [0, 0.1) is 11.3 Å². The summed E-state index contributed by atoms with van der Waals surface area (Å²) in [4.78, 5) is 36.1. The normalized spacial score (nSPS) is 11.7. The summed E-state index contributed by atoms with van der Waals surface area (Å²) < 4.78 is 5.40. The second-order valence-corrected chi connectivity index (χ2v) is 9.91. The highest BCUT2D eigenvalue weighted by molar-refractivity contribution is 7.07. The quantitative estimate of drug-likeness (QED) is 0.330. The number of hydrogen-bond acceptors (Lipinski definition) is 7. The van der Waals surface area contributed by atoms with Crippen LogP contribution in [0.15, 0.2) is 56.7 Å². The first-order valence-corrected chi connectivity index (χ1v) is 12.6. The summed E-state index contributed by atoms with van der Waals surface area (Å²) in [5.74, 6) is -0.382. The van der Waals surface area contributed by atoms with Crippen LogP contribution in [0.3, 0.4) is 0 Å². The van der Waals surface area contributed by atoms with Crippen LogP contribution in [-0.2, 0) is 29.0 Å². The van der Waals surface area contributed by atoms with Gasteiger partial charge in [-0.15, -0.1) is 22.7 Å². The van der Waals surface area contributed by atoms with Gasteiger partial charge in [0.1, 0.15) is 11.0 Å². The number of thiazole rings is 2. The highest BCUT2D eigenvalue weighted by Crippen LogP contribution is 2.30. The summed E-state index contributed by atoms with van der Waals surface area (Å²) in [7, 11) is 0. The van der Waals surface area contributed by atoms with Crippen molar-refractivity contribution in [3.8, 4) is 0 Å². The Balaban J connectivity index is 1.63. The Morgan fingerprint density at radius 2 is 1.67 bits per heavy atom. The largest absolute Gasteiger partial charge is 0.464 e.